The van der Waals surface area contributed by atoms with Gasteiger partial charge in [-0.2, -0.15) is 4.31 Å². The molecule has 0 aromatic heterocycles. The Morgan fingerprint density at radius 3 is 1.46 bits per heavy atom. The van der Waals surface area contributed by atoms with Gasteiger partial charge in [0.15, 0.2) is 0 Å². The van der Waals surface area contributed by atoms with E-state index in [1.165, 1.54) is 0 Å². The van der Waals surface area contributed by atoms with Crippen LogP contribution in [0.1, 0.15) is 19.3 Å². The molecule has 0 N–H and O–H groups in total. The third kappa shape index (κ3) is 18.4. The number of methoxy groups -OCH3 is 1. The van der Waals surface area contributed by atoms with Gasteiger partial charge < -0.3 is 42.7 Å². The summed E-state index contributed by atoms with van der Waals surface area (Å²) < 4.78 is 69.7. The van der Waals surface area contributed by atoms with Crippen molar-refractivity contribution in [1.29, 1.82) is 0 Å². The highest BCUT2D eigenvalue weighted by molar-refractivity contribution is 7.89. The van der Waals surface area contributed by atoms with Crippen molar-refractivity contribution in [3.8, 4) is 0 Å². The van der Waals surface area contributed by atoms with Crippen LogP contribution in [0.25, 0.3) is 0 Å². The minimum absolute atomic E-state index is 0.0873. The van der Waals surface area contributed by atoms with Crippen molar-refractivity contribution in [3.63, 3.8) is 0 Å². The number of rotatable bonds is 32. The number of carbonyl (C=O) groups excluding carboxylic acids is 5. The summed E-state index contributed by atoms with van der Waals surface area (Å²) in [5.74, 6) is -3.96. The summed E-state index contributed by atoms with van der Waals surface area (Å²) in [5, 5.41) is 0.369. The Kier molecular flexibility index (Phi) is 22.4. The maximum atomic E-state index is 13.1. The highest BCUT2D eigenvalue weighted by atomic mass is 32.2. The Morgan fingerprint density at radius 2 is 1.04 bits per heavy atom. The Bertz CT molecular complexity index is 1150. The third-order valence-electron chi connectivity index (χ3n) is 6.78. The molecule has 19 nitrogen and oxygen atoms in total. The van der Waals surface area contributed by atoms with Crippen LogP contribution in [-0.4, -0.2) is 184 Å². The van der Waals surface area contributed by atoms with Gasteiger partial charge in [0, 0.05) is 51.7 Å². The molecule has 0 spiro atoms. The first-order valence-corrected chi connectivity index (χ1v) is 17.9. The molecule has 2 heterocycles. The van der Waals surface area contributed by atoms with Crippen LogP contribution in [0.4, 0.5) is 0 Å². The number of sulfonamides is 1. The molecule has 286 valence electrons. The zero-order valence-electron chi connectivity index (χ0n) is 28.5. The SMILES string of the molecule is COCCOCCOCCOCCOCCOCCOCCOCCS(=O)(=O)N(CCC(=O)ON1C(=O)CCC1=O)CCN1C(=O)C=CC1=O. The van der Waals surface area contributed by atoms with Crippen molar-refractivity contribution in [2.75, 3.05) is 132 Å². The van der Waals surface area contributed by atoms with Gasteiger partial charge in [-0.1, -0.05) is 0 Å². The van der Waals surface area contributed by atoms with E-state index in [1.54, 1.807) is 7.11 Å². The number of ether oxygens (including phenoxy) is 8. The van der Waals surface area contributed by atoms with E-state index in [-0.39, 0.29) is 52.3 Å². The van der Waals surface area contributed by atoms with Crippen LogP contribution in [0.2, 0.25) is 0 Å². The van der Waals surface area contributed by atoms with Gasteiger partial charge in [-0.05, 0) is 0 Å². The van der Waals surface area contributed by atoms with Gasteiger partial charge >= 0.3 is 5.97 Å². The molecule has 1 fully saturated rings. The number of nitrogens with zero attached hydrogens (tertiary/aromatic N) is 3. The summed E-state index contributed by atoms with van der Waals surface area (Å²) in [7, 11) is -2.41. The van der Waals surface area contributed by atoms with E-state index < -0.39 is 51.8 Å². The van der Waals surface area contributed by atoms with E-state index in [0.717, 1.165) is 21.4 Å². The standard InChI is InChI=1S/C30H49N3O16S/c1-41-10-11-42-12-13-43-14-15-44-16-17-45-18-19-46-20-21-47-22-23-48-24-25-50(39,40)31(8-9-32-26(34)2-3-27(32)35)7-6-30(38)49-33-28(36)4-5-29(33)37/h2-3H,4-25H2,1H3. The minimum Gasteiger partial charge on any atom is -0.382 e. The average molecular weight is 740 g/mol. The normalized spacial score (nSPS) is 15.0. The summed E-state index contributed by atoms with van der Waals surface area (Å²) in [6.07, 6.45) is 1.48. The van der Waals surface area contributed by atoms with Crippen molar-refractivity contribution < 1.29 is 75.1 Å². The van der Waals surface area contributed by atoms with Crippen LogP contribution in [0.5, 0.6) is 0 Å². The van der Waals surface area contributed by atoms with E-state index in [4.69, 9.17) is 42.7 Å². The topological polar surface area (TPSA) is 212 Å². The highest BCUT2D eigenvalue weighted by Crippen LogP contribution is 2.14. The van der Waals surface area contributed by atoms with E-state index >= 15 is 0 Å². The molecule has 2 aliphatic rings. The predicted octanol–water partition coefficient (Wildman–Crippen LogP) is -1.70. The molecule has 4 amide bonds. The van der Waals surface area contributed by atoms with Crippen LogP contribution in [-0.2, 0) is 76.7 Å². The zero-order valence-corrected chi connectivity index (χ0v) is 29.3. The molecule has 2 aliphatic heterocycles. The van der Waals surface area contributed by atoms with Crippen LogP contribution in [0.3, 0.4) is 0 Å². The minimum atomic E-state index is -4.03. The van der Waals surface area contributed by atoms with E-state index in [1.807, 2.05) is 0 Å². The lowest BCUT2D eigenvalue weighted by Gasteiger charge is -2.24. The molecule has 0 unspecified atom stereocenters. The first kappa shape index (κ1) is 43.2. The first-order chi connectivity index (χ1) is 24.2. The maximum absolute atomic E-state index is 13.1. The number of imide groups is 2. The Hall–Kier alpha value is -2.92. The largest absolute Gasteiger partial charge is 0.382 e. The zero-order chi connectivity index (χ0) is 36.5. The monoisotopic (exact) mass is 739 g/mol. The fourth-order valence-corrected chi connectivity index (χ4v) is 5.45. The molecule has 0 aromatic carbocycles. The van der Waals surface area contributed by atoms with Crippen LogP contribution < -0.4 is 0 Å². The Labute approximate surface area is 291 Å². The van der Waals surface area contributed by atoms with E-state index in [2.05, 4.69) is 0 Å². The van der Waals surface area contributed by atoms with Gasteiger partial charge in [0.25, 0.3) is 23.6 Å². The van der Waals surface area contributed by atoms with Crippen molar-refractivity contribution in [1.82, 2.24) is 14.3 Å². The molecule has 20 heteroatoms. The first-order valence-electron chi connectivity index (χ1n) is 16.3. The van der Waals surface area contributed by atoms with Crippen molar-refractivity contribution in [2.24, 2.45) is 0 Å². The van der Waals surface area contributed by atoms with Crippen molar-refractivity contribution in [2.45, 2.75) is 19.3 Å². The van der Waals surface area contributed by atoms with E-state index in [0.29, 0.717) is 84.3 Å². The van der Waals surface area contributed by atoms with Gasteiger partial charge in [-0.25, -0.2) is 13.2 Å². The number of hydrogen-bond acceptors (Lipinski definition) is 16. The molecule has 50 heavy (non-hydrogen) atoms. The molecular weight excluding hydrogens is 690 g/mol. The molecule has 0 aromatic rings. The molecule has 0 atom stereocenters. The quantitative estimate of drug-likeness (QED) is 0.0556. The van der Waals surface area contributed by atoms with Gasteiger partial charge in [-0.3, -0.25) is 24.1 Å². The number of carbonyl (C=O) groups is 5. The van der Waals surface area contributed by atoms with Crippen LogP contribution in [0, 0.1) is 0 Å². The average Bonchev–Trinajstić information content (AvgIpc) is 3.58. The van der Waals surface area contributed by atoms with Gasteiger partial charge in [-0.15, -0.1) is 5.06 Å². The predicted molar refractivity (Wildman–Crippen MR) is 171 cm³/mol. The second-order valence-corrected chi connectivity index (χ2v) is 12.5. The number of amides is 4. The summed E-state index contributed by atoms with van der Waals surface area (Å²) in [6, 6.07) is 0. The maximum Gasteiger partial charge on any atom is 0.334 e. The summed E-state index contributed by atoms with van der Waals surface area (Å²) in [6.45, 7) is 4.49. The number of hydroxylamine groups is 2. The second-order valence-electron chi connectivity index (χ2n) is 10.5. The summed E-state index contributed by atoms with van der Waals surface area (Å²) in [5.41, 5.74) is 0. The van der Waals surface area contributed by atoms with Gasteiger partial charge in [0.2, 0.25) is 10.0 Å². The van der Waals surface area contributed by atoms with Crippen molar-refractivity contribution in [3.05, 3.63) is 12.2 Å². The Morgan fingerprint density at radius 1 is 0.640 bits per heavy atom. The molecular formula is C30H49N3O16S. The number of hydrogen-bond donors (Lipinski definition) is 0. The summed E-state index contributed by atoms with van der Waals surface area (Å²) >= 11 is 0. The molecule has 0 bridgehead atoms. The van der Waals surface area contributed by atoms with Crippen molar-refractivity contribution >= 4 is 39.6 Å². The molecule has 2 rings (SSSR count). The molecule has 0 saturated carbocycles. The van der Waals surface area contributed by atoms with E-state index in [9.17, 15) is 32.4 Å². The third-order valence-corrected chi connectivity index (χ3v) is 8.62. The van der Waals surface area contributed by atoms with Gasteiger partial charge in [0.05, 0.1) is 111 Å². The second kappa shape index (κ2) is 25.9. The molecule has 0 aliphatic carbocycles. The molecule has 0 radical (unpaired) electrons. The fourth-order valence-electron chi connectivity index (χ4n) is 4.13. The highest BCUT2D eigenvalue weighted by Gasteiger charge is 2.33. The van der Waals surface area contributed by atoms with Crippen LogP contribution in [0.15, 0.2) is 12.2 Å². The lowest BCUT2D eigenvalue weighted by atomic mass is 10.4. The summed E-state index contributed by atoms with van der Waals surface area (Å²) in [4.78, 5) is 65.1. The van der Waals surface area contributed by atoms with Gasteiger partial charge in [0.1, 0.15) is 0 Å². The van der Waals surface area contributed by atoms with Crippen LogP contribution >= 0.6 is 0 Å². The Balaban J connectivity index is 1.52. The smallest absolute Gasteiger partial charge is 0.334 e. The molecule has 1 saturated heterocycles. The lowest BCUT2D eigenvalue weighted by Crippen LogP contribution is -2.43. The fraction of sp³-hybridized carbons (Fsp3) is 0.767. The lowest BCUT2D eigenvalue weighted by molar-refractivity contribution is -0.197.